The van der Waals surface area contributed by atoms with Gasteiger partial charge in [0.05, 0.1) is 5.69 Å². The minimum absolute atomic E-state index is 0.138. The smallest absolute Gasteiger partial charge is 0.150 e. The molecule has 0 radical (unpaired) electrons. The molecule has 1 fully saturated rings. The summed E-state index contributed by atoms with van der Waals surface area (Å²) in [5.74, 6) is 1.04. The molecule has 0 saturated carbocycles. The van der Waals surface area contributed by atoms with Gasteiger partial charge in [0.2, 0.25) is 0 Å². The number of nitrogens with zero attached hydrogens (tertiary/aromatic N) is 1. The third kappa shape index (κ3) is 3.49. The summed E-state index contributed by atoms with van der Waals surface area (Å²) in [7, 11) is 0. The number of phenols is 1. The zero-order chi connectivity index (χ0) is 17.1. The molecule has 4 nitrogen and oxygen atoms in total. The van der Waals surface area contributed by atoms with Gasteiger partial charge in [0, 0.05) is 36.5 Å². The number of benzene rings is 2. The third-order valence-electron chi connectivity index (χ3n) is 4.45. The summed E-state index contributed by atoms with van der Waals surface area (Å²) in [4.78, 5) is 13.2. The van der Waals surface area contributed by atoms with Gasteiger partial charge in [-0.05, 0) is 48.9 Å². The van der Waals surface area contributed by atoms with E-state index in [-0.39, 0.29) is 11.9 Å². The maximum atomic E-state index is 11.1. The van der Waals surface area contributed by atoms with Crippen LogP contribution in [0.3, 0.4) is 0 Å². The molecule has 0 unspecified atom stereocenters. The Balaban J connectivity index is 1.67. The van der Waals surface area contributed by atoms with Crippen LogP contribution in [0.4, 0.5) is 5.69 Å². The van der Waals surface area contributed by atoms with Crippen LogP contribution in [0.1, 0.15) is 28.8 Å². The van der Waals surface area contributed by atoms with Crippen LogP contribution in [0.2, 0.25) is 5.02 Å². The third-order valence-corrected chi connectivity index (χ3v) is 4.71. The molecule has 24 heavy (non-hydrogen) atoms. The van der Waals surface area contributed by atoms with Crippen molar-refractivity contribution in [2.24, 2.45) is 0 Å². The van der Waals surface area contributed by atoms with E-state index in [1.807, 2.05) is 31.2 Å². The molecule has 0 spiro atoms. The first-order valence-corrected chi connectivity index (χ1v) is 8.41. The fourth-order valence-corrected chi connectivity index (χ4v) is 3.26. The summed E-state index contributed by atoms with van der Waals surface area (Å²) < 4.78 is 6.00. The zero-order valence-electron chi connectivity index (χ0n) is 13.5. The first-order chi connectivity index (χ1) is 11.6. The molecule has 1 aliphatic heterocycles. The Morgan fingerprint density at radius 2 is 1.83 bits per heavy atom. The number of rotatable bonds is 4. The van der Waals surface area contributed by atoms with Crippen LogP contribution in [0.5, 0.6) is 11.5 Å². The molecule has 0 amide bonds. The van der Waals surface area contributed by atoms with Gasteiger partial charge in [0.25, 0.3) is 0 Å². The highest BCUT2D eigenvalue weighted by atomic mass is 35.5. The topological polar surface area (TPSA) is 49.8 Å². The van der Waals surface area contributed by atoms with Gasteiger partial charge in [-0.3, -0.25) is 4.79 Å². The van der Waals surface area contributed by atoms with Crippen molar-refractivity contribution in [1.82, 2.24) is 0 Å². The molecular weight excluding hydrogens is 326 g/mol. The van der Waals surface area contributed by atoms with E-state index in [1.54, 1.807) is 12.1 Å². The van der Waals surface area contributed by atoms with Crippen LogP contribution in [-0.4, -0.2) is 30.6 Å². The number of phenolic OH excluding ortho intramolecular Hbond substituents is 1. The minimum Gasteiger partial charge on any atom is -0.506 e. The number of ether oxygens (including phenoxy) is 1. The van der Waals surface area contributed by atoms with Gasteiger partial charge in [-0.25, -0.2) is 0 Å². The second-order valence-electron chi connectivity index (χ2n) is 6.02. The van der Waals surface area contributed by atoms with Crippen LogP contribution in [0.25, 0.3) is 0 Å². The van der Waals surface area contributed by atoms with Gasteiger partial charge in [-0.15, -0.1) is 0 Å². The average molecular weight is 346 g/mol. The molecule has 1 N–H and O–H groups in total. The van der Waals surface area contributed by atoms with Crippen LogP contribution in [0, 0.1) is 6.92 Å². The summed E-state index contributed by atoms with van der Waals surface area (Å²) in [6.45, 7) is 3.42. The number of carbonyl (C=O) groups excluding carboxylic acids is 1. The predicted molar refractivity (Wildman–Crippen MR) is 95.5 cm³/mol. The lowest BCUT2D eigenvalue weighted by Crippen LogP contribution is -2.38. The lowest BCUT2D eigenvalue weighted by atomic mass is 10.0. The van der Waals surface area contributed by atoms with E-state index in [0.717, 1.165) is 49.2 Å². The van der Waals surface area contributed by atoms with E-state index in [0.29, 0.717) is 10.6 Å². The largest absolute Gasteiger partial charge is 0.506 e. The maximum absolute atomic E-state index is 11.1. The van der Waals surface area contributed by atoms with Crippen molar-refractivity contribution in [3.05, 3.63) is 52.5 Å². The SMILES string of the molecule is Cc1c(C=O)ccc(O)c1N1CCC(Oc2ccc(Cl)cc2)CC1. The second kappa shape index (κ2) is 7.14. The number of aldehydes is 1. The predicted octanol–water partition coefficient (Wildman–Crippen LogP) is 4.21. The van der Waals surface area contributed by atoms with Gasteiger partial charge < -0.3 is 14.7 Å². The van der Waals surface area contributed by atoms with E-state index >= 15 is 0 Å². The summed E-state index contributed by atoms with van der Waals surface area (Å²) in [5, 5.41) is 10.9. The Morgan fingerprint density at radius 3 is 2.46 bits per heavy atom. The van der Waals surface area contributed by atoms with Crippen molar-refractivity contribution >= 4 is 23.6 Å². The Labute approximate surface area is 146 Å². The van der Waals surface area contributed by atoms with E-state index < -0.39 is 0 Å². The number of hydrogen-bond acceptors (Lipinski definition) is 4. The molecule has 1 aliphatic rings. The molecule has 126 valence electrons. The summed E-state index contributed by atoms with van der Waals surface area (Å²) in [5.41, 5.74) is 2.19. The van der Waals surface area contributed by atoms with Crippen LogP contribution in [-0.2, 0) is 0 Å². The zero-order valence-corrected chi connectivity index (χ0v) is 14.3. The van der Waals surface area contributed by atoms with Crippen molar-refractivity contribution in [2.75, 3.05) is 18.0 Å². The van der Waals surface area contributed by atoms with Gasteiger partial charge in [0.1, 0.15) is 23.9 Å². The van der Waals surface area contributed by atoms with Crippen molar-refractivity contribution in [1.29, 1.82) is 0 Å². The highest BCUT2D eigenvalue weighted by Crippen LogP contribution is 2.35. The van der Waals surface area contributed by atoms with Crippen LogP contribution < -0.4 is 9.64 Å². The molecule has 0 bridgehead atoms. The highest BCUT2D eigenvalue weighted by molar-refractivity contribution is 6.30. The summed E-state index contributed by atoms with van der Waals surface area (Å²) >= 11 is 5.88. The van der Waals surface area contributed by atoms with Gasteiger partial charge in [-0.1, -0.05) is 11.6 Å². The van der Waals surface area contributed by atoms with Crippen molar-refractivity contribution in [3.63, 3.8) is 0 Å². The van der Waals surface area contributed by atoms with E-state index in [4.69, 9.17) is 16.3 Å². The van der Waals surface area contributed by atoms with E-state index in [9.17, 15) is 9.90 Å². The van der Waals surface area contributed by atoms with Crippen LogP contribution >= 0.6 is 11.6 Å². The Kier molecular flexibility index (Phi) is 4.95. The minimum atomic E-state index is 0.138. The van der Waals surface area contributed by atoms with E-state index in [1.165, 1.54) is 0 Å². The number of carbonyl (C=O) groups is 1. The molecular formula is C19H20ClNO3. The van der Waals surface area contributed by atoms with Crippen molar-refractivity contribution < 1.29 is 14.6 Å². The van der Waals surface area contributed by atoms with E-state index in [2.05, 4.69) is 4.90 Å². The second-order valence-corrected chi connectivity index (χ2v) is 6.46. The number of hydrogen-bond donors (Lipinski definition) is 1. The summed E-state index contributed by atoms with van der Waals surface area (Å²) in [6.07, 6.45) is 2.67. The van der Waals surface area contributed by atoms with Crippen molar-refractivity contribution in [3.8, 4) is 11.5 Å². The normalized spacial score (nSPS) is 15.3. The quantitative estimate of drug-likeness (QED) is 0.843. The molecule has 2 aromatic carbocycles. The fourth-order valence-electron chi connectivity index (χ4n) is 3.13. The fraction of sp³-hybridized carbons (Fsp3) is 0.316. The molecule has 2 aromatic rings. The van der Waals surface area contributed by atoms with Crippen LogP contribution in [0.15, 0.2) is 36.4 Å². The van der Waals surface area contributed by atoms with Crippen molar-refractivity contribution in [2.45, 2.75) is 25.9 Å². The lowest BCUT2D eigenvalue weighted by molar-refractivity contribution is 0.112. The standard InChI is InChI=1S/C19H20ClNO3/c1-13-14(12-22)2-7-18(23)19(13)21-10-8-17(9-11-21)24-16-5-3-15(20)4-6-16/h2-7,12,17,23H,8-11H2,1H3. The number of halogens is 1. The number of piperidine rings is 1. The maximum Gasteiger partial charge on any atom is 0.150 e. The molecule has 1 saturated heterocycles. The first-order valence-electron chi connectivity index (χ1n) is 8.03. The van der Waals surface area contributed by atoms with Gasteiger partial charge in [-0.2, -0.15) is 0 Å². The molecule has 1 heterocycles. The Hall–Kier alpha value is -2.20. The monoisotopic (exact) mass is 345 g/mol. The van der Waals surface area contributed by atoms with Gasteiger partial charge in [0.15, 0.2) is 0 Å². The molecule has 5 heteroatoms. The molecule has 3 rings (SSSR count). The summed E-state index contributed by atoms with van der Waals surface area (Å²) in [6, 6.07) is 10.6. The molecule has 0 aliphatic carbocycles. The lowest BCUT2D eigenvalue weighted by Gasteiger charge is -2.35. The Morgan fingerprint density at radius 1 is 1.17 bits per heavy atom. The first kappa shape index (κ1) is 16.7. The van der Waals surface area contributed by atoms with Gasteiger partial charge >= 0.3 is 0 Å². The number of aromatic hydroxyl groups is 1. The average Bonchev–Trinajstić information content (AvgIpc) is 2.59. The highest BCUT2D eigenvalue weighted by Gasteiger charge is 2.24. The Bertz CT molecular complexity index is 722. The number of anilines is 1. The molecule has 0 aromatic heterocycles. The molecule has 0 atom stereocenters.